The molecule has 162 valence electrons. The lowest BCUT2D eigenvalue weighted by molar-refractivity contribution is 0.0489. The summed E-state index contributed by atoms with van der Waals surface area (Å²) in [6.07, 6.45) is 9.29. The smallest absolute Gasteiger partial charge is 0.344 e. The summed E-state index contributed by atoms with van der Waals surface area (Å²) in [7, 11) is 0. The summed E-state index contributed by atoms with van der Waals surface area (Å²) in [6, 6.07) is 11.0. The quantitative estimate of drug-likeness (QED) is 0.190. The maximum absolute atomic E-state index is 12.6. The third kappa shape index (κ3) is 8.00. The average Bonchev–Trinajstić information content (AvgIpc) is 2.75. The molecule has 0 N–H and O–H groups in total. The highest BCUT2D eigenvalue weighted by molar-refractivity contribution is 6.34. The van der Waals surface area contributed by atoms with Gasteiger partial charge in [-0.3, -0.25) is 0 Å². The number of halogens is 2. The predicted molar refractivity (Wildman–Crippen MR) is 121 cm³/mol. The third-order valence-electron chi connectivity index (χ3n) is 4.69. The second kappa shape index (κ2) is 13.3. The van der Waals surface area contributed by atoms with Crippen molar-refractivity contribution < 1.29 is 19.1 Å². The molecule has 0 aromatic heterocycles. The van der Waals surface area contributed by atoms with Gasteiger partial charge in [0.15, 0.2) is 5.75 Å². The van der Waals surface area contributed by atoms with Crippen LogP contribution in [0.4, 0.5) is 0 Å². The van der Waals surface area contributed by atoms with Gasteiger partial charge in [0, 0.05) is 11.1 Å². The fourth-order valence-electron chi connectivity index (χ4n) is 3.03. The first-order valence-electron chi connectivity index (χ1n) is 10.5. The Hall–Kier alpha value is -2.04. The summed E-state index contributed by atoms with van der Waals surface area (Å²) in [5, 5.41) is 0.641. The van der Waals surface area contributed by atoms with Crippen LogP contribution in [0.2, 0.25) is 10.0 Å². The summed E-state index contributed by atoms with van der Waals surface area (Å²) in [5.41, 5.74) is 0.287. The molecule has 0 fully saturated rings. The minimum absolute atomic E-state index is 0.120. The Kier molecular flexibility index (Phi) is 10.7. The molecule has 0 bridgehead atoms. The topological polar surface area (TPSA) is 52.6 Å². The van der Waals surface area contributed by atoms with Crippen LogP contribution in [-0.4, -0.2) is 18.5 Å². The highest BCUT2D eigenvalue weighted by Gasteiger charge is 2.20. The lowest BCUT2D eigenvalue weighted by Gasteiger charge is -2.10. The van der Waals surface area contributed by atoms with Crippen molar-refractivity contribution in [1.82, 2.24) is 0 Å². The summed E-state index contributed by atoms with van der Waals surface area (Å²) < 4.78 is 10.7. The molecule has 0 saturated carbocycles. The number of esters is 2. The zero-order chi connectivity index (χ0) is 21.8. The molecule has 30 heavy (non-hydrogen) atoms. The molecule has 0 unspecified atom stereocenters. The van der Waals surface area contributed by atoms with E-state index in [1.165, 1.54) is 50.3 Å². The zero-order valence-electron chi connectivity index (χ0n) is 17.3. The monoisotopic (exact) mass is 450 g/mol. The maximum atomic E-state index is 12.6. The van der Waals surface area contributed by atoms with E-state index in [1.54, 1.807) is 24.3 Å². The Labute approximate surface area is 188 Å². The van der Waals surface area contributed by atoms with Crippen molar-refractivity contribution >= 4 is 35.1 Å². The molecule has 0 aliphatic heterocycles. The van der Waals surface area contributed by atoms with E-state index in [9.17, 15) is 9.59 Å². The van der Waals surface area contributed by atoms with E-state index in [4.69, 9.17) is 32.7 Å². The van der Waals surface area contributed by atoms with E-state index >= 15 is 0 Å². The first-order valence-corrected chi connectivity index (χ1v) is 11.2. The Morgan fingerprint density at radius 1 is 0.800 bits per heavy atom. The van der Waals surface area contributed by atoms with Crippen LogP contribution in [0.25, 0.3) is 0 Å². The molecule has 0 amide bonds. The zero-order valence-corrected chi connectivity index (χ0v) is 18.8. The largest absolute Gasteiger partial charge is 0.462 e. The van der Waals surface area contributed by atoms with E-state index in [1.807, 2.05) is 0 Å². The molecular formula is C24H28Cl2O4. The van der Waals surface area contributed by atoms with Gasteiger partial charge in [-0.25, -0.2) is 9.59 Å². The van der Waals surface area contributed by atoms with Crippen LogP contribution >= 0.6 is 23.2 Å². The molecule has 0 heterocycles. The van der Waals surface area contributed by atoms with Gasteiger partial charge in [-0.15, -0.1) is 0 Å². The second-order valence-corrected chi connectivity index (χ2v) is 7.96. The van der Waals surface area contributed by atoms with Gasteiger partial charge < -0.3 is 9.47 Å². The van der Waals surface area contributed by atoms with E-state index in [2.05, 4.69) is 6.92 Å². The van der Waals surface area contributed by atoms with Crippen molar-refractivity contribution in [2.75, 3.05) is 6.61 Å². The molecule has 2 aromatic carbocycles. The molecule has 0 aliphatic carbocycles. The number of hydrogen-bond acceptors (Lipinski definition) is 4. The van der Waals surface area contributed by atoms with Gasteiger partial charge in [-0.1, -0.05) is 87.2 Å². The molecule has 0 radical (unpaired) electrons. The minimum atomic E-state index is -0.696. The van der Waals surface area contributed by atoms with Gasteiger partial charge in [-0.05, 0) is 30.7 Å². The predicted octanol–water partition coefficient (Wildman–Crippen LogP) is 7.51. The Morgan fingerprint density at radius 3 is 2.07 bits per heavy atom. The fourth-order valence-corrected chi connectivity index (χ4v) is 3.35. The van der Waals surface area contributed by atoms with Crippen LogP contribution in [0.5, 0.6) is 5.75 Å². The molecule has 0 saturated heterocycles. The number of carbonyl (C=O) groups excluding carboxylic acids is 2. The first-order chi connectivity index (χ1) is 14.5. The lowest BCUT2D eigenvalue weighted by Crippen LogP contribution is -2.16. The molecule has 2 aromatic rings. The normalized spacial score (nSPS) is 10.6. The number of hydrogen-bond donors (Lipinski definition) is 0. The third-order valence-corrected chi connectivity index (χ3v) is 5.24. The van der Waals surface area contributed by atoms with Crippen molar-refractivity contribution in [2.45, 2.75) is 58.3 Å². The van der Waals surface area contributed by atoms with Gasteiger partial charge in [0.05, 0.1) is 22.8 Å². The minimum Gasteiger partial charge on any atom is -0.462 e. The van der Waals surface area contributed by atoms with Gasteiger partial charge in [0.2, 0.25) is 0 Å². The van der Waals surface area contributed by atoms with Crippen LogP contribution in [0.3, 0.4) is 0 Å². The Morgan fingerprint density at radius 2 is 1.40 bits per heavy atom. The maximum Gasteiger partial charge on any atom is 0.344 e. The van der Waals surface area contributed by atoms with Crippen molar-refractivity contribution in [3.8, 4) is 5.75 Å². The van der Waals surface area contributed by atoms with Crippen molar-refractivity contribution in [1.29, 1.82) is 0 Å². The number of rotatable bonds is 12. The highest BCUT2D eigenvalue weighted by atomic mass is 35.5. The van der Waals surface area contributed by atoms with Crippen LogP contribution < -0.4 is 4.74 Å². The van der Waals surface area contributed by atoms with Gasteiger partial charge in [0.25, 0.3) is 0 Å². The van der Waals surface area contributed by atoms with E-state index in [0.29, 0.717) is 11.6 Å². The molecule has 2 rings (SSSR count). The molecule has 0 spiro atoms. The molecule has 0 atom stereocenters. The van der Waals surface area contributed by atoms with E-state index < -0.39 is 11.9 Å². The van der Waals surface area contributed by atoms with Gasteiger partial charge in [-0.2, -0.15) is 0 Å². The highest BCUT2D eigenvalue weighted by Crippen LogP contribution is 2.28. The van der Waals surface area contributed by atoms with Gasteiger partial charge in [0.1, 0.15) is 0 Å². The first kappa shape index (κ1) is 24.2. The second-order valence-electron chi connectivity index (χ2n) is 7.12. The molecular weight excluding hydrogens is 423 g/mol. The van der Waals surface area contributed by atoms with Crippen LogP contribution in [0, 0.1) is 0 Å². The summed E-state index contributed by atoms with van der Waals surface area (Å²) in [5.74, 6) is -1.10. The molecule has 6 heteroatoms. The van der Waals surface area contributed by atoms with Crippen LogP contribution in [-0.2, 0) is 4.74 Å². The lowest BCUT2D eigenvalue weighted by atomic mass is 10.1. The van der Waals surface area contributed by atoms with Crippen LogP contribution in [0.15, 0.2) is 42.5 Å². The number of unbranched alkanes of at least 4 members (excludes halogenated alkanes) is 7. The summed E-state index contributed by atoms with van der Waals surface area (Å²) >= 11 is 12.0. The van der Waals surface area contributed by atoms with Crippen LogP contribution in [0.1, 0.15) is 79.0 Å². The standard InChI is InChI=1S/C24H28Cl2O4/c1-2-3-4-5-6-7-8-11-16-29-23(27)19-12-9-10-13-20(19)24(28)30-22-17-18(25)14-15-21(22)26/h9-10,12-15,17H,2-8,11,16H2,1H3. The van der Waals surface area contributed by atoms with Crippen molar-refractivity contribution in [3.63, 3.8) is 0 Å². The fraction of sp³-hybridized carbons (Fsp3) is 0.417. The van der Waals surface area contributed by atoms with Gasteiger partial charge >= 0.3 is 11.9 Å². The average molecular weight is 451 g/mol. The number of carbonyl (C=O) groups is 2. The summed E-state index contributed by atoms with van der Waals surface area (Å²) in [4.78, 5) is 25.1. The van der Waals surface area contributed by atoms with Crippen molar-refractivity contribution in [2.24, 2.45) is 0 Å². The Bertz CT molecular complexity index is 836. The Balaban J connectivity index is 1.86. The molecule has 0 aliphatic rings. The molecule has 4 nitrogen and oxygen atoms in total. The number of benzene rings is 2. The van der Waals surface area contributed by atoms with E-state index in [-0.39, 0.29) is 21.9 Å². The number of ether oxygens (including phenoxy) is 2. The van der Waals surface area contributed by atoms with Crippen molar-refractivity contribution in [3.05, 3.63) is 63.6 Å². The van der Waals surface area contributed by atoms with E-state index in [0.717, 1.165) is 19.3 Å². The SMILES string of the molecule is CCCCCCCCCCOC(=O)c1ccccc1C(=O)Oc1cc(Cl)ccc1Cl. The summed E-state index contributed by atoms with van der Waals surface area (Å²) in [6.45, 7) is 2.54.